The summed E-state index contributed by atoms with van der Waals surface area (Å²) in [5, 5.41) is 2.64. The number of hydrogen-bond acceptors (Lipinski definition) is 7. The van der Waals surface area contributed by atoms with Crippen molar-refractivity contribution in [1.29, 1.82) is 0 Å². The highest BCUT2D eigenvalue weighted by atomic mass is 16.7. The van der Waals surface area contributed by atoms with Crippen LogP contribution in [-0.4, -0.2) is 79.7 Å². The number of benzene rings is 2. The molecule has 1 fully saturated rings. The predicted molar refractivity (Wildman–Crippen MR) is 114 cm³/mol. The molecule has 3 aliphatic rings. The minimum atomic E-state index is -0.705. The molecule has 3 amide bonds. The van der Waals surface area contributed by atoms with Crippen LogP contribution < -0.4 is 24.3 Å². The number of piperazine rings is 1. The molecule has 0 saturated carbocycles. The average molecular weight is 453 g/mol. The van der Waals surface area contributed by atoms with E-state index in [1.807, 2.05) is 12.1 Å². The van der Waals surface area contributed by atoms with Gasteiger partial charge in [-0.2, -0.15) is 0 Å². The smallest absolute Gasteiger partial charge is 0.267 e. The van der Waals surface area contributed by atoms with Crippen LogP contribution in [0.4, 0.5) is 0 Å². The summed E-state index contributed by atoms with van der Waals surface area (Å²) in [7, 11) is 0. The number of carbonyl (C=O) groups is 3. The van der Waals surface area contributed by atoms with Gasteiger partial charge < -0.3 is 34.1 Å². The van der Waals surface area contributed by atoms with E-state index in [1.165, 1.54) is 0 Å². The van der Waals surface area contributed by atoms with Gasteiger partial charge in [0.25, 0.3) is 11.8 Å². The largest absolute Gasteiger partial charge is 0.485 e. The van der Waals surface area contributed by atoms with Crippen molar-refractivity contribution in [3.63, 3.8) is 0 Å². The lowest BCUT2D eigenvalue weighted by Crippen LogP contribution is -2.56. The Morgan fingerprint density at radius 1 is 0.848 bits per heavy atom. The number of amides is 3. The molecule has 3 aliphatic heterocycles. The molecule has 5 rings (SSSR count). The lowest BCUT2D eigenvalue weighted by Gasteiger charge is -2.37. The molecule has 0 spiro atoms. The second kappa shape index (κ2) is 8.89. The van der Waals surface area contributed by atoms with Crippen LogP contribution in [0.15, 0.2) is 42.5 Å². The number of para-hydroxylation sites is 2. The Bertz CT molecular complexity index is 1080. The van der Waals surface area contributed by atoms with Crippen LogP contribution >= 0.6 is 0 Å². The Morgan fingerprint density at radius 2 is 1.55 bits per heavy atom. The molecule has 1 unspecified atom stereocenters. The van der Waals surface area contributed by atoms with E-state index in [2.05, 4.69) is 5.32 Å². The maximum absolute atomic E-state index is 12.8. The van der Waals surface area contributed by atoms with Crippen LogP contribution in [0.2, 0.25) is 0 Å². The highest BCUT2D eigenvalue weighted by molar-refractivity contribution is 5.97. The van der Waals surface area contributed by atoms with Crippen molar-refractivity contribution in [1.82, 2.24) is 15.1 Å². The Morgan fingerprint density at radius 3 is 2.36 bits per heavy atom. The summed E-state index contributed by atoms with van der Waals surface area (Å²) in [4.78, 5) is 41.1. The van der Waals surface area contributed by atoms with Gasteiger partial charge in [-0.15, -0.1) is 0 Å². The molecule has 172 valence electrons. The molecule has 0 aromatic heterocycles. The van der Waals surface area contributed by atoms with Gasteiger partial charge in [0.15, 0.2) is 23.0 Å². The number of nitrogens with zero attached hydrogens (tertiary/aromatic N) is 2. The summed E-state index contributed by atoms with van der Waals surface area (Å²) in [6.45, 7) is 1.70. The average Bonchev–Trinajstić information content (AvgIpc) is 3.34. The second-order valence-corrected chi connectivity index (χ2v) is 7.82. The SMILES string of the molecule is O=C(NCC(=O)N1CCN(C(=O)C2COc3ccccc3O2)CC1)c1ccc2c(c1)OCO2. The summed E-state index contributed by atoms with van der Waals surface area (Å²) < 4.78 is 21.9. The Kier molecular flexibility index (Phi) is 5.64. The topological polar surface area (TPSA) is 107 Å². The van der Waals surface area contributed by atoms with Gasteiger partial charge in [-0.3, -0.25) is 14.4 Å². The van der Waals surface area contributed by atoms with Gasteiger partial charge in [0.1, 0.15) is 6.61 Å². The van der Waals surface area contributed by atoms with Crippen molar-refractivity contribution in [2.75, 3.05) is 46.1 Å². The Hall–Kier alpha value is -3.95. The van der Waals surface area contributed by atoms with Crippen molar-refractivity contribution in [2.24, 2.45) is 0 Å². The normalized spacial score (nSPS) is 18.6. The van der Waals surface area contributed by atoms with Gasteiger partial charge in [-0.25, -0.2) is 0 Å². The summed E-state index contributed by atoms with van der Waals surface area (Å²) in [5.41, 5.74) is 0.388. The van der Waals surface area contributed by atoms with E-state index < -0.39 is 6.10 Å². The molecular weight excluding hydrogens is 430 g/mol. The van der Waals surface area contributed by atoms with Crippen molar-refractivity contribution in [3.05, 3.63) is 48.0 Å². The van der Waals surface area contributed by atoms with E-state index in [1.54, 1.807) is 40.1 Å². The summed E-state index contributed by atoms with van der Waals surface area (Å²) in [6, 6.07) is 12.1. The number of rotatable bonds is 4. The fourth-order valence-corrected chi connectivity index (χ4v) is 3.93. The molecule has 33 heavy (non-hydrogen) atoms. The van der Waals surface area contributed by atoms with Gasteiger partial charge >= 0.3 is 0 Å². The van der Waals surface area contributed by atoms with E-state index in [9.17, 15) is 14.4 Å². The van der Waals surface area contributed by atoms with Gasteiger partial charge in [0.2, 0.25) is 18.8 Å². The lowest BCUT2D eigenvalue weighted by atomic mass is 10.2. The van der Waals surface area contributed by atoms with E-state index >= 15 is 0 Å². The molecule has 1 atom stereocenters. The van der Waals surface area contributed by atoms with Crippen LogP contribution in [0.1, 0.15) is 10.4 Å². The first-order valence-corrected chi connectivity index (χ1v) is 10.7. The standard InChI is InChI=1S/C23H23N3O7/c27-21(12-24-22(28)15-5-6-17-19(11-15)32-14-31-17)25-7-9-26(10-8-25)23(29)20-13-30-16-3-1-2-4-18(16)33-20/h1-6,11,20H,7-10,12-14H2,(H,24,28). The third-order valence-corrected chi connectivity index (χ3v) is 5.76. The van der Waals surface area contributed by atoms with Crippen LogP contribution in [0, 0.1) is 0 Å². The van der Waals surface area contributed by atoms with Gasteiger partial charge in [0.05, 0.1) is 6.54 Å². The van der Waals surface area contributed by atoms with Gasteiger partial charge in [-0.1, -0.05) is 12.1 Å². The molecule has 0 aliphatic carbocycles. The summed E-state index contributed by atoms with van der Waals surface area (Å²) in [5.74, 6) is 1.53. The number of carbonyl (C=O) groups excluding carboxylic acids is 3. The van der Waals surface area contributed by atoms with E-state index in [-0.39, 0.29) is 37.7 Å². The van der Waals surface area contributed by atoms with Crippen LogP contribution in [0.25, 0.3) is 0 Å². The molecular formula is C23H23N3O7. The molecule has 0 radical (unpaired) electrons. The van der Waals surface area contributed by atoms with E-state index in [4.69, 9.17) is 18.9 Å². The monoisotopic (exact) mass is 453 g/mol. The van der Waals surface area contributed by atoms with Crippen molar-refractivity contribution in [2.45, 2.75) is 6.10 Å². The molecule has 0 bridgehead atoms. The molecule has 10 nitrogen and oxygen atoms in total. The lowest BCUT2D eigenvalue weighted by molar-refractivity contribution is -0.146. The van der Waals surface area contributed by atoms with Crippen molar-refractivity contribution < 1.29 is 33.3 Å². The second-order valence-electron chi connectivity index (χ2n) is 7.82. The summed E-state index contributed by atoms with van der Waals surface area (Å²) >= 11 is 0. The molecule has 1 N–H and O–H groups in total. The predicted octanol–water partition coefficient (Wildman–Crippen LogP) is 0.656. The third kappa shape index (κ3) is 4.36. The number of nitrogens with one attached hydrogen (secondary N) is 1. The first-order valence-electron chi connectivity index (χ1n) is 10.7. The fourth-order valence-electron chi connectivity index (χ4n) is 3.93. The van der Waals surface area contributed by atoms with Gasteiger partial charge in [-0.05, 0) is 30.3 Å². The minimum absolute atomic E-state index is 0.126. The van der Waals surface area contributed by atoms with E-state index in [0.29, 0.717) is 54.7 Å². The van der Waals surface area contributed by atoms with Crippen molar-refractivity contribution in [3.8, 4) is 23.0 Å². The van der Waals surface area contributed by atoms with Crippen LogP contribution in [-0.2, 0) is 9.59 Å². The Labute approximate surface area is 189 Å². The summed E-state index contributed by atoms with van der Waals surface area (Å²) in [6.07, 6.45) is -0.705. The zero-order valence-corrected chi connectivity index (χ0v) is 17.8. The number of ether oxygens (including phenoxy) is 4. The van der Waals surface area contributed by atoms with Crippen LogP contribution in [0.5, 0.6) is 23.0 Å². The molecule has 2 aromatic carbocycles. The third-order valence-electron chi connectivity index (χ3n) is 5.76. The molecule has 1 saturated heterocycles. The first kappa shape index (κ1) is 20.9. The number of hydrogen-bond donors (Lipinski definition) is 1. The number of fused-ring (bicyclic) bond motifs is 2. The zero-order valence-electron chi connectivity index (χ0n) is 17.8. The van der Waals surface area contributed by atoms with Gasteiger partial charge in [0, 0.05) is 31.7 Å². The maximum atomic E-state index is 12.8. The Balaban J connectivity index is 1.09. The quantitative estimate of drug-likeness (QED) is 0.725. The first-order chi connectivity index (χ1) is 16.1. The van der Waals surface area contributed by atoms with E-state index in [0.717, 1.165) is 0 Å². The highest BCUT2D eigenvalue weighted by Gasteiger charge is 2.33. The molecule has 2 aromatic rings. The highest BCUT2D eigenvalue weighted by Crippen LogP contribution is 2.33. The maximum Gasteiger partial charge on any atom is 0.267 e. The molecule has 3 heterocycles. The molecule has 10 heteroatoms. The zero-order chi connectivity index (χ0) is 22.8. The minimum Gasteiger partial charge on any atom is -0.485 e. The fraction of sp³-hybridized carbons (Fsp3) is 0.348. The van der Waals surface area contributed by atoms with Crippen molar-refractivity contribution >= 4 is 17.7 Å². The van der Waals surface area contributed by atoms with Crippen LogP contribution in [0.3, 0.4) is 0 Å².